The summed E-state index contributed by atoms with van der Waals surface area (Å²) < 4.78 is 2.00. The molecule has 0 aliphatic heterocycles. The molecule has 1 atom stereocenters. The lowest BCUT2D eigenvalue weighted by molar-refractivity contribution is -0.123. The highest BCUT2D eigenvalue weighted by atomic mass is 35.5. The summed E-state index contributed by atoms with van der Waals surface area (Å²) in [6, 6.07) is 13.9. The van der Waals surface area contributed by atoms with E-state index >= 15 is 0 Å². The number of rotatable bonds is 6. The summed E-state index contributed by atoms with van der Waals surface area (Å²) in [7, 11) is 1.96. The van der Waals surface area contributed by atoms with E-state index in [0.29, 0.717) is 10.6 Å². The van der Waals surface area contributed by atoms with Crippen molar-refractivity contribution in [2.45, 2.75) is 19.9 Å². The van der Waals surface area contributed by atoms with E-state index in [4.69, 9.17) is 11.6 Å². The fourth-order valence-corrected chi connectivity index (χ4v) is 3.33. The van der Waals surface area contributed by atoms with Crippen LogP contribution in [0.25, 0.3) is 10.9 Å². The zero-order chi connectivity index (χ0) is 21.0. The van der Waals surface area contributed by atoms with Gasteiger partial charge in [-0.2, -0.15) is 5.10 Å². The molecule has 1 heterocycles. The highest BCUT2D eigenvalue weighted by Crippen LogP contribution is 2.18. The molecule has 1 aromatic heterocycles. The van der Waals surface area contributed by atoms with Gasteiger partial charge in [0.05, 0.1) is 16.8 Å². The van der Waals surface area contributed by atoms with Gasteiger partial charge in [-0.05, 0) is 24.1 Å². The van der Waals surface area contributed by atoms with Gasteiger partial charge in [0, 0.05) is 29.7 Å². The van der Waals surface area contributed by atoms with Crippen LogP contribution in [0, 0.1) is 5.92 Å². The van der Waals surface area contributed by atoms with Crippen molar-refractivity contribution in [1.29, 1.82) is 0 Å². The van der Waals surface area contributed by atoms with E-state index < -0.39 is 17.9 Å². The number of nitrogens with zero attached hydrogens (tertiary/aromatic N) is 2. The van der Waals surface area contributed by atoms with Gasteiger partial charge in [-0.1, -0.05) is 55.8 Å². The van der Waals surface area contributed by atoms with Crippen molar-refractivity contribution >= 4 is 40.5 Å². The number of carbonyl (C=O) groups is 2. The molecule has 150 valence electrons. The van der Waals surface area contributed by atoms with Gasteiger partial charge in [-0.15, -0.1) is 0 Å². The van der Waals surface area contributed by atoms with E-state index in [-0.39, 0.29) is 5.92 Å². The Bertz CT molecular complexity index is 1070. The normalized spacial score (nSPS) is 12.4. The van der Waals surface area contributed by atoms with Gasteiger partial charge < -0.3 is 9.88 Å². The number of fused-ring (bicyclic) bond motifs is 1. The fourth-order valence-electron chi connectivity index (χ4n) is 3.11. The Morgan fingerprint density at radius 1 is 1.10 bits per heavy atom. The third-order valence-corrected chi connectivity index (χ3v) is 4.99. The highest BCUT2D eigenvalue weighted by Gasteiger charge is 2.25. The first-order valence-corrected chi connectivity index (χ1v) is 9.68. The monoisotopic (exact) mass is 410 g/mol. The molecule has 0 bridgehead atoms. The number of hydrogen-bond acceptors (Lipinski definition) is 3. The molecule has 2 amide bonds. The molecule has 0 saturated heterocycles. The van der Waals surface area contributed by atoms with Crippen molar-refractivity contribution in [3.8, 4) is 0 Å². The summed E-state index contributed by atoms with van der Waals surface area (Å²) in [5.74, 6) is -0.923. The summed E-state index contributed by atoms with van der Waals surface area (Å²) in [5.41, 5.74) is 4.83. The first-order valence-electron chi connectivity index (χ1n) is 9.31. The molecule has 3 aromatic rings. The largest absolute Gasteiger partial charge is 0.350 e. The lowest BCUT2D eigenvalue weighted by atomic mass is 10.0. The molecule has 0 spiro atoms. The number of hydrogen-bond donors (Lipinski definition) is 2. The maximum atomic E-state index is 12.6. The van der Waals surface area contributed by atoms with Crippen molar-refractivity contribution in [2.75, 3.05) is 0 Å². The van der Waals surface area contributed by atoms with Crippen molar-refractivity contribution in [1.82, 2.24) is 15.3 Å². The van der Waals surface area contributed by atoms with Gasteiger partial charge in [0.25, 0.3) is 11.8 Å². The van der Waals surface area contributed by atoms with Crippen molar-refractivity contribution in [3.05, 3.63) is 70.9 Å². The third kappa shape index (κ3) is 4.66. The van der Waals surface area contributed by atoms with Gasteiger partial charge in [-0.3, -0.25) is 9.59 Å². The Hall–Kier alpha value is -3.12. The van der Waals surface area contributed by atoms with Crippen LogP contribution >= 0.6 is 11.6 Å². The van der Waals surface area contributed by atoms with E-state index in [0.717, 1.165) is 16.5 Å². The summed E-state index contributed by atoms with van der Waals surface area (Å²) >= 11 is 6.08. The summed E-state index contributed by atoms with van der Waals surface area (Å²) in [6.07, 6.45) is 3.55. The van der Waals surface area contributed by atoms with Crippen LogP contribution in [0.3, 0.4) is 0 Å². The number of benzene rings is 2. The van der Waals surface area contributed by atoms with Crippen LogP contribution in [0.5, 0.6) is 0 Å². The van der Waals surface area contributed by atoms with Crippen LogP contribution < -0.4 is 10.7 Å². The second-order valence-corrected chi connectivity index (χ2v) is 7.53. The smallest absolute Gasteiger partial charge is 0.262 e. The Kier molecular flexibility index (Phi) is 6.34. The molecule has 0 radical (unpaired) electrons. The molecule has 2 N–H and O–H groups in total. The molecule has 0 aliphatic carbocycles. The molecule has 7 heteroatoms. The first kappa shape index (κ1) is 20.6. The maximum Gasteiger partial charge on any atom is 0.262 e. The lowest BCUT2D eigenvalue weighted by Crippen LogP contribution is -2.48. The number of aromatic nitrogens is 1. The molecule has 0 saturated carbocycles. The summed E-state index contributed by atoms with van der Waals surface area (Å²) in [6.45, 7) is 3.71. The Morgan fingerprint density at radius 2 is 1.79 bits per heavy atom. The minimum absolute atomic E-state index is 0.130. The molecule has 3 rings (SSSR count). The molecule has 1 unspecified atom stereocenters. The number of hydrazone groups is 1. The topological polar surface area (TPSA) is 75.5 Å². The number of aryl methyl sites for hydroxylation is 1. The van der Waals surface area contributed by atoms with Crippen LogP contribution in [-0.2, 0) is 11.8 Å². The SMILES string of the molecule is CC(C)C(NC(=O)c1ccccc1Cl)C(=O)NN=Cc1cn(C)c2ccccc12. The minimum atomic E-state index is -0.747. The zero-order valence-electron chi connectivity index (χ0n) is 16.5. The zero-order valence-corrected chi connectivity index (χ0v) is 17.3. The molecular formula is C22H23ClN4O2. The quantitative estimate of drug-likeness (QED) is 0.480. The Labute approximate surface area is 174 Å². The molecule has 0 aliphatic rings. The van der Waals surface area contributed by atoms with Crippen LogP contribution in [0.15, 0.2) is 59.8 Å². The number of amides is 2. The molecule has 29 heavy (non-hydrogen) atoms. The van der Waals surface area contributed by atoms with Crippen LogP contribution in [-0.4, -0.2) is 28.6 Å². The van der Waals surface area contributed by atoms with Crippen LogP contribution in [0.1, 0.15) is 29.8 Å². The highest BCUT2D eigenvalue weighted by molar-refractivity contribution is 6.33. The standard InChI is InChI=1S/C22H23ClN4O2/c1-14(2)20(25-21(28)17-9-4-6-10-18(17)23)22(29)26-24-12-15-13-27(3)19-11-7-5-8-16(15)19/h4-14,20H,1-3H3,(H,25,28)(H,26,29). The number of carbonyl (C=O) groups excluding carboxylic acids is 2. The average Bonchev–Trinajstić information content (AvgIpc) is 3.02. The molecule has 2 aromatic carbocycles. The van der Waals surface area contributed by atoms with E-state index in [1.165, 1.54) is 0 Å². The van der Waals surface area contributed by atoms with Crippen molar-refractivity contribution in [3.63, 3.8) is 0 Å². The van der Waals surface area contributed by atoms with Crippen molar-refractivity contribution in [2.24, 2.45) is 18.1 Å². The maximum absolute atomic E-state index is 12.6. The van der Waals surface area contributed by atoms with E-state index in [1.807, 2.05) is 55.9 Å². The third-order valence-electron chi connectivity index (χ3n) is 4.66. The molecular weight excluding hydrogens is 388 g/mol. The van der Waals surface area contributed by atoms with E-state index in [1.54, 1.807) is 30.5 Å². The van der Waals surface area contributed by atoms with E-state index in [2.05, 4.69) is 15.8 Å². The van der Waals surface area contributed by atoms with Crippen LogP contribution in [0.4, 0.5) is 0 Å². The number of para-hydroxylation sites is 1. The van der Waals surface area contributed by atoms with Gasteiger partial charge in [0.2, 0.25) is 0 Å². The Morgan fingerprint density at radius 3 is 2.52 bits per heavy atom. The summed E-state index contributed by atoms with van der Waals surface area (Å²) in [4.78, 5) is 25.1. The second-order valence-electron chi connectivity index (χ2n) is 7.12. The van der Waals surface area contributed by atoms with Gasteiger partial charge in [-0.25, -0.2) is 5.43 Å². The van der Waals surface area contributed by atoms with Gasteiger partial charge >= 0.3 is 0 Å². The predicted molar refractivity (Wildman–Crippen MR) is 116 cm³/mol. The first-order chi connectivity index (χ1) is 13.9. The lowest BCUT2D eigenvalue weighted by Gasteiger charge is -2.20. The predicted octanol–water partition coefficient (Wildman–Crippen LogP) is 3.74. The second kappa shape index (κ2) is 8.92. The number of nitrogens with one attached hydrogen (secondary N) is 2. The van der Waals surface area contributed by atoms with Crippen LogP contribution in [0.2, 0.25) is 5.02 Å². The molecule has 0 fully saturated rings. The summed E-state index contributed by atoms with van der Waals surface area (Å²) in [5, 5.41) is 8.21. The van der Waals surface area contributed by atoms with Crippen molar-refractivity contribution < 1.29 is 9.59 Å². The van der Waals surface area contributed by atoms with Gasteiger partial charge in [0.1, 0.15) is 6.04 Å². The Balaban J connectivity index is 1.70. The average molecular weight is 411 g/mol. The fraction of sp³-hybridized carbons (Fsp3) is 0.227. The van der Waals surface area contributed by atoms with Gasteiger partial charge in [0.15, 0.2) is 0 Å². The minimum Gasteiger partial charge on any atom is -0.350 e. The van der Waals surface area contributed by atoms with E-state index in [9.17, 15) is 9.59 Å². The molecule has 6 nitrogen and oxygen atoms in total. The number of halogens is 1.